The Hall–Kier alpha value is -1.04. The van der Waals surface area contributed by atoms with Gasteiger partial charge in [0, 0.05) is 21.7 Å². The molecule has 1 aromatic carbocycles. The molecule has 2 aliphatic heterocycles. The number of benzene rings is 1. The van der Waals surface area contributed by atoms with Crippen LogP contribution < -0.4 is 10.8 Å². The molecule has 0 spiro atoms. The van der Waals surface area contributed by atoms with Gasteiger partial charge in [-0.3, -0.25) is 4.79 Å². The molecule has 0 aromatic heterocycles. The van der Waals surface area contributed by atoms with Gasteiger partial charge in [0.2, 0.25) is 5.91 Å². The van der Waals surface area contributed by atoms with Crippen LogP contribution in [-0.4, -0.2) is 24.2 Å². The highest BCUT2D eigenvalue weighted by molar-refractivity contribution is 6.66. The van der Waals surface area contributed by atoms with Crippen molar-refractivity contribution < 1.29 is 14.1 Å². The molecule has 2 heterocycles. The molecule has 106 valence electrons. The van der Waals surface area contributed by atoms with E-state index < -0.39 is 18.3 Å². The number of carbonyl (C=O) groups excluding carboxylic acids is 1. The van der Waals surface area contributed by atoms with Crippen molar-refractivity contribution in [1.29, 1.82) is 0 Å². The van der Waals surface area contributed by atoms with Crippen molar-refractivity contribution in [3.8, 4) is 0 Å². The summed E-state index contributed by atoms with van der Waals surface area (Å²) in [5.41, 5.74) is 1.56. The topological polar surface area (TPSA) is 47.6 Å². The Balaban J connectivity index is 1.98. The highest BCUT2D eigenvalue weighted by Gasteiger charge is 2.52. The largest absolute Gasteiger partial charge is 0.496 e. The number of rotatable bonds is 1. The molecule has 0 radical (unpaired) electrons. The lowest BCUT2D eigenvalue weighted by Gasteiger charge is -2.32. The summed E-state index contributed by atoms with van der Waals surface area (Å²) >= 11 is 6.43. The molecule has 4 nitrogen and oxygen atoms in total. The maximum absolute atomic E-state index is 11.5. The monoisotopic (exact) mass is 293 g/mol. The van der Waals surface area contributed by atoms with E-state index in [0.717, 1.165) is 16.7 Å². The van der Waals surface area contributed by atoms with E-state index in [1.807, 2.05) is 39.8 Å². The van der Waals surface area contributed by atoms with Crippen LogP contribution in [-0.2, 0) is 20.5 Å². The summed E-state index contributed by atoms with van der Waals surface area (Å²) in [6.07, 6.45) is 0.307. The normalized spacial score (nSPS) is 22.9. The second kappa shape index (κ2) is 4.23. The van der Waals surface area contributed by atoms with E-state index in [-0.39, 0.29) is 5.91 Å². The number of hydrogen-bond donors (Lipinski definition) is 1. The molecule has 0 atom stereocenters. The Labute approximate surface area is 123 Å². The van der Waals surface area contributed by atoms with Gasteiger partial charge in [-0.1, -0.05) is 17.7 Å². The van der Waals surface area contributed by atoms with Gasteiger partial charge in [0.15, 0.2) is 0 Å². The third-order valence-electron chi connectivity index (χ3n) is 4.39. The molecule has 1 saturated heterocycles. The fraction of sp³-hybridized carbons (Fsp3) is 0.500. The lowest BCUT2D eigenvalue weighted by Crippen LogP contribution is -2.41. The highest BCUT2D eigenvalue weighted by Crippen LogP contribution is 2.38. The first kappa shape index (κ1) is 13.9. The van der Waals surface area contributed by atoms with Crippen LogP contribution in [0.3, 0.4) is 0 Å². The predicted molar refractivity (Wildman–Crippen MR) is 79.5 cm³/mol. The maximum atomic E-state index is 11.5. The van der Waals surface area contributed by atoms with Gasteiger partial charge in [-0.05, 0) is 33.8 Å². The van der Waals surface area contributed by atoms with E-state index in [0.29, 0.717) is 11.4 Å². The Kier molecular flexibility index (Phi) is 2.94. The minimum Gasteiger partial charge on any atom is -0.399 e. The average molecular weight is 294 g/mol. The van der Waals surface area contributed by atoms with Crippen molar-refractivity contribution >= 4 is 35.8 Å². The van der Waals surface area contributed by atoms with E-state index >= 15 is 0 Å². The van der Waals surface area contributed by atoms with Crippen LogP contribution in [0.4, 0.5) is 5.69 Å². The van der Waals surface area contributed by atoms with Crippen molar-refractivity contribution in [3.05, 3.63) is 22.7 Å². The number of hydrogen-bond acceptors (Lipinski definition) is 3. The average Bonchev–Trinajstić information content (AvgIpc) is 2.78. The van der Waals surface area contributed by atoms with Gasteiger partial charge in [0.1, 0.15) is 0 Å². The van der Waals surface area contributed by atoms with Gasteiger partial charge in [0.25, 0.3) is 0 Å². The SMILES string of the molecule is CC1(C)OB(c2ccc3c(c2Cl)CC(=O)N3)OC1(C)C. The Morgan fingerprint density at radius 3 is 2.40 bits per heavy atom. The molecule has 3 rings (SSSR count). The van der Waals surface area contributed by atoms with E-state index in [2.05, 4.69) is 5.32 Å². The summed E-state index contributed by atoms with van der Waals surface area (Å²) in [6.45, 7) is 8.00. The summed E-state index contributed by atoms with van der Waals surface area (Å²) in [4.78, 5) is 11.5. The molecule has 1 N–H and O–H groups in total. The Bertz CT molecular complexity index is 584. The van der Waals surface area contributed by atoms with Crippen LogP contribution >= 0.6 is 11.6 Å². The summed E-state index contributed by atoms with van der Waals surface area (Å²) in [6, 6.07) is 3.71. The van der Waals surface area contributed by atoms with Crippen LogP contribution in [0.15, 0.2) is 12.1 Å². The summed E-state index contributed by atoms with van der Waals surface area (Å²) in [5, 5.41) is 3.34. The van der Waals surface area contributed by atoms with Gasteiger partial charge >= 0.3 is 7.12 Å². The number of nitrogens with one attached hydrogen (secondary N) is 1. The summed E-state index contributed by atoms with van der Waals surface area (Å²) in [5.74, 6) is -0.0343. The first-order valence-corrected chi connectivity index (χ1v) is 7.06. The van der Waals surface area contributed by atoms with E-state index in [1.54, 1.807) is 0 Å². The molecule has 0 aliphatic carbocycles. The molecule has 1 aromatic rings. The highest BCUT2D eigenvalue weighted by atomic mass is 35.5. The van der Waals surface area contributed by atoms with E-state index in [9.17, 15) is 4.79 Å². The molecule has 20 heavy (non-hydrogen) atoms. The fourth-order valence-electron chi connectivity index (χ4n) is 2.44. The number of anilines is 1. The summed E-state index contributed by atoms with van der Waals surface area (Å²) in [7, 11) is -0.506. The number of halogens is 1. The first-order valence-electron chi connectivity index (χ1n) is 6.68. The molecular weight excluding hydrogens is 276 g/mol. The van der Waals surface area contributed by atoms with Crippen LogP contribution in [0, 0.1) is 0 Å². The smallest absolute Gasteiger partial charge is 0.399 e. The molecule has 2 aliphatic rings. The van der Waals surface area contributed by atoms with Crippen molar-refractivity contribution in [3.63, 3.8) is 0 Å². The standard InChI is InChI=1S/C14H17BClNO3/c1-13(2)14(3,4)20-15(19-13)9-5-6-10-8(12(9)16)7-11(18)17-10/h5-6H,7H2,1-4H3,(H,17,18). The van der Waals surface area contributed by atoms with Crippen LogP contribution in [0.5, 0.6) is 0 Å². The van der Waals surface area contributed by atoms with Crippen molar-refractivity contribution in [2.24, 2.45) is 0 Å². The molecule has 6 heteroatoms. The zero-order chi connectivity index (χ0) is 14.7. The van der Waals surface area contributed by atoms with E-state index in [4.69, 9.17) is 20.9 Å². The molecule has 0 saturated carbocycles. The number of carbonyl (C=O) groups is 1. The van der Waals surface area contributed by atoms with Gasteiger partial charge in [-0.25, -0.2) is 0 Å². The second-order valence-corrected chi connectivity index (χ2v) is 6.69. The number of fused-ring (bicyclic) bond motifs is 1. The van der Waals surface area contributed by atoms with E-state index in [1.165, 1.54) is 0 Å². The first-order chi connectivity index (χ1) is 9.21. The molecular formula is C14H17BClNO3. The molecule has 1 fully saturated rings. The quantitative estimate of drug-likeness (QED) is 0.807. The maximum Gasteiger partial charge on any atom is 0.496 e. The lowest BCUT2D eigenvalue weighted by atomic mass is 9.78. The van der Waals surface area contributed by atoms with Crippen LogP contribution in [0.25, 0.3) is 0 Å². The van der Waals surface area contributed by atoms with Crippen LogP contribution in [0.1, 0.15) is 33.3 Å². The number of amides is 1. The third kappa shape index (κ3) is 1.96. The zero-order valence-corrected chi connectivity index (χ0v) is 12.8. The molecule has 1 amide bonds. The van der Waals surface area contributed by atoms with Gasteiger partial charge in [0.05, 0.1) is 17.6 Å². The predicted octanol–water partition coefficient (Wildman–Crippen LogP) is 2.13. The van der Waals surface area contributed by atoms with Crippen molar-refractivity contribution in [2.45, 2.75) is 45.3 Å². The molecule has 0 bridgehead atoms. The lowest BCUT2D eigenvalue weighted by molar-refractivity contribution is -0.115. The zero-order valence-electron chi connectivity index (χ0n) is 12.0. The fourth-order valence-corrected chi connectivity index (χ4v) is 2.76. The minimum atomic E-state index is -0.506. The minimum absolute atomic E-state index is 0.0343. The second-order valence-electron chi connectivity index (χ2n) is 6.31. The Morgan fingerprint density at radius 1 is 1.20 bits per heavy atom. The van der Waals surface area contributed by atoms with Gasteiger partial charge in [-0.2, -0.15) is 0 Å². The van der Waals surface area contributed by atoms with Gasteiger partial charge in [-0.15, -0.1) is 0 Å². The van der Waals surface area contributed by atoms with Gasteiger partial charge < -0.3 is 14.6 Å². The summed E-state index contributed by atoms with van der Waals surface area (Å²) < 4.78 is 12.0. The van der Waals surface area contributed by atoms with Crippen LogP contribution in [0.2, 0.25) is 5.02 Å². The van der Waals surface area contributed by atoms with Crippen molar-refractivity contribution in [2.75, 3.05) is 5.32 Å². The molecule has 0 unspecified atom stereocenters. The Morgan fingerprint density at radius 2 is 1.80 bits per heavy atom. The third-order valence-corrected chi connectivity index (χ3v) is 4.84. The van der Waals surface area contributed by atoms with Crippen molar-refractivity contribution in [1.82, 2.24) is 0 Å².